The van der Waals surface area contributed by atoms with Crippen LogP contribution in [0.25, 0.3) is 0 Å². The molecule has 10 nitrogen and oxygen atoms in total. The highest BCUT2D eigenvalue weighted by atomic mass is 32.2. The summed E-state index contributed by atoms with van der Waals surface area (Å²) in [5.41, 5.74) is 1.74. The maximum atomic E-state index is 13.1. The van der Waals surface area contributed by atoms with E-state index >= 15 is 0 Å². The first-order chi connectivity index (χ1) is 14.3. The summed E-state index contributed by atoms with van der Waals surface area (Å²) >= 11 is 0. The van der Waals surface area contributed by atoms with Gasteiger partial charge >= 0.3 is 0 Å². The number of carbonyl (C=O) groups excluding carboxylic acids is 1. The SMILES string of the molecule is CCC(=O)Nc1ccc(S(=O)(=O)c2nc(COC)cc(Nc3cc(C)[nH]n3)n2)cc1. The number of nitrogens with one attached hydrogen (secondary N) is 3. The molecule has 0 unspecified atom stereocenters. The number of aromatic nitrogens is 4. The van der Waals surface area contributed by atoms with Gasteiger partial charge in [-0.2, -0.15) is 5.10 Å². The van der Waals surface area contributed by atoms with Crippen LogP contribution in [0.5, 0.6) is 0 Å². The lowest BCUT2D eigenvalue weighted by Gasteiger charge is -2.10. The molecule has 158 valence electrons. The third-order valence-electron chi connectivity index (χ3n) is 4.02. The molecular weight excluding hydrogens is 408 g/mol. The summed E-state index contributed by atoms with van der Waals surface area (Å²) in [4.78, 5) is 19.8. The number of aromatic amines is 1. The third kappa shape index (κ3) is 4.99. The zero-order valence-electron chi connectivity index (χ0n) is 16.8. The van der Waals surface area contributed by atoms with Gasteiger partial charge < -0.3 is 15.4 Å². The Labute approximate surface area is 174 Å². The largest absolute Gasteiger partial charge is 0.378 e. The number of anilines is 3. The van der Waals surface area contributed by atoms with Crippen LogP contribution in [-0.2, 0) is 26.0 Å². The zero-order chi connectivity index (χ0) is 21.7. The maximum Gasteiger partial charge on any atom is 0.254 e. The Morgan fingerprint density at radius 3 is 2.47 bits per heavy atom. The van der Waals surface area contributed by atoms with E-state index < -0.39 is 9.84 Å². The maximum absolute atomic E-state index is 13.1. The van der Waals surface area contributed by atoms with Crippen LogP contribution in [0.15, 0.2) is 46.5 Å². The topological polar surface area (TPSA) is 139 Å². The second kappa shape index (κ2) is 9.01. The molecule has 3 aromatic rings. The van der Waals surface area contributed by atoms with Gasteiger partial charge in [0, 0.05) is 37.0 Å². The van der Waals surface area contributed by atoms with E-state index in [2.05, 4.69) is 30.8 Å². The molecule has 0 atom stereocenters. The number of sulfone groups is 1. The van der Waals surface area contributed by atoms with Gasteiger partial charge in [0.25, 0.3) is 5.16 Å². The van der Waals surface area contributed by atoms with Gasteiger partial charge in [-0.05, 0) is 31.2 Å². The summed E-state index contributed by atoms with van der Waals surface area (Å²) in [6.45, 7) is 3.69. The molecule has 0 aliphatic rings. The van der Waals surface area contributed by atoms with Crippen LogP contribution in [0.1, 0.15) is 24.7 Å². The number of H-pyrrole nitrogens is 1. The van der Waals surface area contributed by atoms with Crippen LogP contribution in [0.3, 0.4) is 0 Å². The first-order valence-corrected chi connectivity index (χ1v) is 10.6. The second-order valence-electron chi connectivity index (χ2n) is 6.45. The van der Waals surface area contributed by atoms with Crippen molar-refractivity contribution in [3.05, 3.63) is 47.8 Å². The number of benzene rings is 1. The van der Waals surface area contributed by atoms with Crippen molar-refractivity contribution in [3.63, 3.8) is 0 Å². The van der Waals surface area contributed by atoms with Gasteiger partial charge in [0.2, 0.25) is 15.7 Å². The minimum Gasteiger partial charge on any atom is -0.378 e. The number of methoxy groups -OCH3 is 1. The van der Waals surface area contributed by atoms with Gasteiger partial charge in [-0.25, -0.2) is 18.4 Å². The lowest BCUT2D eigenvalue weighted by Crippen LogP contribution is -2.12. The Morgan fingerprint density at radius 2 is 1.87 bits per heavy atom. The van der Waals surface area contributed by atoms with Gasteiger partial charge in [0.15, 0.2) is 5.82 Å². The van der Waals surface area contributed by atoms with E-state index in [9.17, 15) is 13.2 Å². The number of hydrogen-bond donors (Lipinski definition) is 3. The van der Waals surface area contributed by atoms with Gasteiger partial charge in [0.05, 0.1) is 17.2 Å². The van der Waals surface area contributed by atoms with Gasteiger partial charge in [0.1, 0.15) is 5.82 Å². The van der Waals surface area contributed by atoms with E-state index in [0.29, 0.717) is 23.6 Å². The quantitative estimate of drug-likeness (QED) is 0.463. The molecule has 2 heterocycles. The monoisotopic (exact) mass is 430 g/mol. The summed E-state index contributed by atoms with van der Waals surface area (Å²) in [7, 11) is -2.51. The van der Waals surface area contributed by atoms with Crippen LogP contribution in [0.4, 0.5) is 17.3 Å². The van der Waals surface area contributed by atoms with Gasteiger partial charge in [-0.3, -0.25) is 9.89 Å². The molecule has 0 aliphatic heterocycles. The smallest absolute Gasteiger partial charge is 0.254 e. The van der Waals surface area contributed by atoms with Crippen molar-refractivity contribution in [2.24, 2.45) is 0 Å². The number of rotatable bonds is 8. The van der Waals surface area contributed by atoms with Crippen LogP contribution in [0, 0.1) is 6.92 Å². The molecule has 11 heteroatoms. The second-order valence-corrected chi connectivity index (χ2v) is 8.29. The number of aryl methyl sites for hydroxylation is 1. The summed E-state index contributed by atoms with van der Waals surface area (Å²) < 4.78 is 31.3. The fraction of sp³-hybridized carbons (Fsp3) is 0.263. The predicted octanol–water partition coefficient (Wildman–Crippen LogP) is 2.58. The summed E-state index contributed by atoms with van der Waals surface area (Å²) in [5, 5.41) is 12.1. The van der Waals surface area contributed by atoms with Crippen molar-refractivity contribution < 1.29 is 17.9 Å². The number of hydrogen-bond acceptors (Lipinski definition) is 8. The van der Waals surface area contributed by atoms with E-state index in [-0.39, 0.29) is 28.4 Å². The van der Waals surface area contributed by atoms with E-state index in [1.165, 1.54) is 31.4 Å². The van der Waals surface area contributed by atoms with E-state index in [1.807, 2.05) is 6.92 Å². The Hall–Kier alpha value is -3.31. The molecule has 0 aliphatic carbocycles. The lowest BCUT2D eigenvalue weighted by molar-refractivity contribution is -0.115. The highest BCUT2D eigenvalue weighted by Gasteiger charge is 2.23. The molecule has 3 rings (SSSR count). The Balaban J connectivity index is 1.94. The first-order valence-electron chi connectivity index (χ1n) is 9.12. The molecule has 30 heavy (non-hydrogen) atoms. The summed E-state index contributed by atoms with van der Waals surface area (Å²) in [6.07, 6.45) is 0.325. The normalized spacial score (nSPS) is 11.3. The zero-order valence-corrected chi connectivity index (χ0v) is 17.6. The average molecular weight is 430 g/mol. The van der Waals surface area contributed by atoms with Crippen LogP contribution >= 0.6 is 0 Å². The lowest BCUT2D eigenvalue weighted by atomic mass is 10.3. The molecule has 1 amide bonds. The standard InChI is InChI=1S/C19H22N6O4S/c1-4-18(26)20-13-5-7-15(8-6-13)30(27,28)19-21-14(11-29-3)10-16(23-19)22-17-9-12(2)24-25-17/h5-10H,4,11H2,1-3H3,(H,20,26)(H2,21,22,23,24,25). The number of ether oxygens (including phenoxy) is 1. The van der Waals surface area contributed by atoms with Crippen LogP contribution in [-0.4, -0.2) is 41.6 Å². The third-order valence-corrected chi connectivity index (χ3v) is 5.58. The number of amides is 1. The van der Waals surface area contributed by atoms with Gasteiger partial charge in [-0.15, -0.1) is 0 Å². The average Bonchev–Trinajstić information content (AvgIpc) is 3.13. The van der Waals surface area contributed by atoms with Crippen LogP contribution in [0.2, 0.25) is 0 Å². The van der Waals surface area contributed by atoms with Crippen LogP contribution < -0.4 is 10.6 Å². The van der Waals surface area contributed by atoms with Crippen molar-refractivity contribution in [2.75, 3.05) is 17.7 Å². The minimum absolute atomic E-state index is 0.00753. The predicted molar refractivity (Wildman–Crippen MR) is 110 cm³/mol. The molecule has 0 bridgehead atoms. The van der Waals surface area contributed by atoms with Crippen molar-refractivity contribution in [2.45, 2.75) is 36.9 Å². The Kier molecular flexibility index (Phi) is 6.43. The van der Waals surface area contributed by atoms with Crippen molar-refractivity contribution in [3.8, 4) is 0 Å². The van der Waals surface area contributed by atoms with E-state index in [0.717, 1.165) is 5.69 Å². The molecule has 0 spiro atoms. The van der Waals surface area contributed by atoms with Crippen molar-refractivity contribution >= 4 is 33.1 Å². The molecule has 3 N–H and O–H groups in total. The highest BCUT2D eigenvalue weighted by Crippen LogP contribution is 2.23. The van der Waals surface area contributed by atoms with E-state index in [1.54, 1.807) is 19.1 Å². The molecule has 2 aromatic heterocycles. The first kappa shape index (κ1) is 21.4. The number of carbonyl (C=O) groups is 1. The van der Waals surface area contributed by atoms with E-state index in [4.69, 9.17) is 4.74 Å². The molecular formula is C19H22N6O4S. The summed E-state index contributed by atoms with van der Waals surface area (Å²) in [6, 6.07) is 9.19. The molecule has 0 fully saturated rings. The molecule has 0 saturated heterocycles. The Bertz CT molecular complexity index is 1140. The van der Waals surface area contributed by atoms with Crippen molar-refractivity contribution in [1.29, 1.82) is 0 Å². The fourth-order valence-electron chi connectivity index (χ4n) is 2.56. The molecule has 0 radical (unpaired) electrons. The minimum atomic E-state index is -4.00. The number of nitrogens with zero attached hydrogens (tertiary/aromatic N) is 3. The van der Waals surface area contributed by atoms with Crippen molar-refractivity contribution in [1.82, 2.24) is 20.2 Å². The highest BCUT2D eigenvalue weighted by molar-refractivity contribution is 7.91. The molecule has 0 saturated carbocycles. The molecule has 1 aromatic carbocycles. The summed E-state index contributed by atoms with van der Waals surface area (Å²) in [5.74, 6) is 0.605. The van der Waals surface area contributed by atoms with Gasteiger partial charge in [-0.1, -0.05) is 6.92 Å². The fourth-order valence-corrected chi connectivity index (χ4v) is 3.73. The Morgan fingerprint density at radius 1 is 1.13 bits per heavy atom.